The van der Waals surface area contributed by atoms with Gasteiger partial charge in [0.1, 0.15) is 5.56 Å². The van der Waals surface area contributed by atoms with Crippen molar-refractivity contribution in [2.24, 2.45) is 0 Å². The number of anilines is 1. The van der Waals surface area contributed by atoms with E-state index in [1.807, 2.05) is 42.5 Å². The van der Waals surface area contributed by atoms with Crippen LogP contribution in [0.2, 0.25) is 5.02 Å². The predicted molar refractivity (Wildman–Crippen MR) is 109 cm³/mol. The van der Waals surface area contributed by atoms with E-state index >= 15 is 0 Å². The number of amides is 1. The molecule has 0 saturated carbocycles. The Hall–Kier alpha value is -3.71. The highest BCUT2D eigenvalue weighted by molar-refractivity contribution is 6.31. The number of halogens is 1. The maximum absolute atomic E-state index is 12.3. The van der Waals surface area contributed by atoms with Crippen LogP contribution in [0.3, 0.4) is 0 Å². The molecule has 0 fully saturated rings. The van der Waals surface area contributed by atoms with Gasteiger partial charge in [-0.3, -0.25) is 14.9 Å². The first-order valence-electron chi connectivity index (χ1n) is 8.51. The molecule has 0 saturated heterocycles. The van der Waals surface area contributed by atoms with Crippen LogP contribution in [0.4, 0.5) is 11.4 Å². The Balaban J connectivity index is 1.70. The molecule has 0 spiro atoms. The van der Waals surface area contributed by atoms with Gasteiger partial charge in [0, 0.05) is 22.3 Å². The molecule has 0 aliphatic rings. The number of hydrogen-bond acceptors (Lipinski definition) is 5. The largest absolute Gasteiger partial charge is 0.452 e. The molecule has 3 rings (SSSR count). The van der Waals surface area contributed by atoms with Crippen LogP contribution in [-0.4, -0.2) is 23.4 Å². The molecule has 0 aliphatic carbocycles. The van der Waals surface area contributed by atoms with Gasteiger partial charge in [0.15, 0.2) is 6.61 Å². The van der Waals surface area contributed by atoms with Gasteiger partial charge in [0.05, 0.1) is 4.92 Å². The Labute approximate surface area is 171 Å². The minimum atomic E-state index is -1.01. The highest BCUT2D eigenvalue weighted by atomic mass is 35.5. The SMILES string of the molecule is O=C(COC(=O)c1cc(Cl)ccc1[N+](=O)[O-])Nc1ccccc1-c1ccccc1. The van der Waals surface area contributed by atoms with E-state index in [-0.39, 0.29) is 10.6 Å². The number of esters is 1. The molecule has 0 bridgehead atoms. The van der Waals surface area contributed by atoms with Crippen molar-refractivity contribution in [3.8, 4) is 11.1 Å². The smallest absolute Gasteiger partial charge is 0.345 e. The first-order valence-corrected chi connectivity index (χ1v) is 8.89. The molecule has 8 heteroatoms. The Kier molecular flexibility index (Phi) is 6.21. The molecule has 0 unspecified atom stereocenters. The predicted octanol–water partition coefficient (Wildman–Crippen LogP) is 4.71. The van der Waals surface area contributed by atoms with E-state index in [1.54, 1.807) is 12.1 Å². The summed E-state index contributed by atoms with van der Waals surface area (Å²) in [7, 11) is 0. The summed E-state index contributed by atoms with van der Waals surface area (Å²) in [5.41, 5.74) is 1.50. The molecular weight excluding hydrogens is 396 g/mol. The van der Waals surface area contributed by atoms with E-state index in [4.69, 9.17) is 16.3 Å². The third-order valence-corrected chi connectivity index (χ3v) is 4.23. The number of benzene rings is 3. The van der Waals surface area contributed by atoms with Crippen LogP contribution in [-0.2, 0) is 9.53 Å². The monoisotopic (exact) mass is 410 g/mol. The topological polar surface area (TPSA) is 98.5 Å². The highest BCUT2D eigenvalue weighted by Crippen LogP contribution is 2.27. The lowest BCUT2D eigenvalue weighted by molar-refractivity contribution is -0.385. The molecule has 1 amide bonds. The molecule has 1 N–H and O–H groups in total. The summed E-state index contributed by atoms with van der Waals surface area (Å²) in [4.78, 5) is 34.8. The summed E-state index contributed by atoms with van der Waals surface area (Å²) in [6, 6.07) is 20.2. The fraction of sp³-hybridized carbons (Fsp3) is 0.0476. The first kappa shape index (κ1) is 20.0. The molecule has 29 heavy (non-hydrogen) atoms. The second-order valence-electron chi connectivity index (χ2n) is 5.95. The fourth-order valence-corrected chi connectivity index (χ4v) is 2.86. The number of para-hydroxylation sites is 1. The van der Waals surface area contributed by atoms with Crippen LogP contribution in [0.15, 0.2) is 72.8 Å². The van der Waals surface area contributed by atoms with Crippen molar-refractivity contribution in [3.63, 3.8) is 0 Å². The van der Waals surface area contributed by atoms with Gasteiger partial charge in [-0.2, -0.15) is 0 Å². The van der Waals surface area contributed by atoms with Crippen molar-refractivity contribution in [1.82, 2.24) is 0 Å². The minimum Gasteiger partial charge on any atom is -0.452 e. The quantitative estimate of drug-likeness (QED) is 0.360. The van der Waals surface area contributed by atoms with Crippen molar-refractivity contribution in [1.29, 1.82) is 0 Å². The molecule has 0 radical (unpaired) electrons. The van der Waals surface area contributed by atoms with Crippen molar-refractivity contribution in [3.05, 3.63) is 93.5 Å². The average Bonchev–Trinajstić information content (AvgIpc) is 2.72. The number of nitrogens with one attached hydrogen (secondary N) is 1. The van der Waals surface area contributed by atoms with Crippen LogP contribution in [0.25, 0.3) is 11.1 Å². The summed E-state index contributed by atoms with van der Waals surface area (Å²) >= 11 is 5.80. The third kappa shape index (κ3) is 4.97. The molecular formula is C21H15ClN2O5. The number of rotatable bonds is 6. The second kappa shape index (κ2) is 8.99. The minimum absolute atomic E-state index is 0.142. The van der Waals surface area contributed by atoms with Crippen molar-refractivity contribution in [2.45, 2.75) is 0 Å². The zero-order chi connectivity index (χ0) is 20.8. The number of ether oxygens (including phenoxy) is 1. The lowest BCUT2D eigenvalue weighted by atomic mass is 10.0. The van der Waals surface area contributed by atoms with Crippen LogP contribution in [0.5, 0.6) is 0 Å². The second-order valence-corrected chi connectivity index (χ2v) is 6.39. The van der Waals surface area contributed by atoms with E-state index in [9.17, 15) is 19.7 Å². The maximum atomic E-state index is 12.3. The van der Waals surface area contributed by atoms with E-state index in [0.29, 0.717) is 5.69 Å². The molecule has 146 valence electrons. The zero-order valence-corrected chi connectivity index (χ0v) is 15.8. The van der Waals surface area contributed by atoms with Crippen LogP contribution >= 0.6 is 11.6 Å². The molecule has 0 atom stereocenters. The van der Waals surface area contributed by atoms with Crippen molar-refractivity contribution >= 4 is 34.9 Å². The molecule has 3 aromatic carbocycles. The van der Waals surface area contributed by atoms with Gasteiger partial charge in [-0.25, -0.2) is 4.79 Å². The third-order valence-electron chi connectivity index (χ3n) is 4.00. The van der Waals surface area contributed by atoms with E-state index in [1.165, 1.54) is 6.07 Å². The normalized spacial score (nSPS) is 10.2. The lowest BCUT2D eigenvalue weighted by Crippen LogP contribution is -2.21. The number of nitrogens with zero attached hydrogens (tertiary/aromatic N) is 1. The Morgan fingerprint density at radius 3 is 2.41 bits per heavy atom. The summed E-state index contributed by atoms with van der Waals surface area (Å²) in [5.74, 6) is -1.59. The number of carbonyl (C=O) groups excluding carboxylic acids is 2. The number of nitro benzene ring substituents is 1. The summed E-state index contributed by atoms with van der Waals surface area (Å²) < 4.78 is 4.94. The first-order chi connectivity index (χ1) is 14.0. The van der Waals surface area contributed by atoms with E-state index in [2.05, 4.69) is 5.32 Å². The van der Waals surface area contributed by atoms with Crippen molar-refractivity contribution < 1.29 is 19.2 Å². The number of nitro groups is 1. The molecule has 0 heterocycles. The van der Waals surface area contributed by atoms with Crippen molar-refractivity contribution in [2.75, 3.05) is 11.9 Å². The zero-order valence-electron chi connectivity index (χ0n) is 15.0. The van der Waals surface area contributed by atoms with Gasteiger partial charge < -0.3 is 10.1 Å². The summed E-state index contributed by atoms with van der Waals surface area (Å²) in [5, 5.41) is 13.9. The van der Waals surface area contributed by atoms with Gasteiger partial charge in [-0.15, -0.1) is 0 Å². The van der Waals surface area contributed by atoms with E-state index < -0.39 is 29.1 Å². The van der Waals surface area contributed by atoms with Gasteiger partial charge in [-0.05, 0) is 23.8 Å². The number of carbonyl (C=O) groups is 2. The van der Waals surface area contributed by atoms with Crippen LogP contribution in [0, 0.1) is 10.1 Å². The fourth-order valence-electron chi connectivity index (χ4n) is 2.69. The summed E-state index contributed by atoms with van der Waals surface area (Å²) in [6.07, 6.45) is 0. The van der Waals surface area contributed by atoms with E-state index in [0.717, 1.165) is 23.3 Å². The Bertz CT molecular complexity index is 1070. The lowest BCUT2D eigenvalue weighted by Gasteiger charge is -2.11. The van der Waals surface area contributed by atoms with Gasteiger partial charge in [-0.1, -0.05) is 60.1 Å². The van der Waals surface area contributed by atoms with Gasteiger partial charge in [0.25, 0.3) is 11.6 Å². The highest BCUT2D eigenvalue weighted by Gasteiger charge is 2.22. The summed E-state index contributed by atoms with van der Waals surface area (Å²) in [6.45, 7) is -0.606. The standard InChI is InChI=1S/C21H15ClN2O5/c22-15-10-11-19(24(27)28)17(12-15)21(26)29-13-20(25)23-18-9-5-4-8-16(18)14-6-2-1-3-7-14/h1-12H,13H2,(H,23,25). The van der Waals surface area contributed by atoms with Crippen LogP contribution in [0.1, 0.15) is 10.4 Å². The van der Waals surface area contributed by atoms with Gasteiger partial charge >= 0.3 is 5.97 Å². The number of hydrogen-bond donors (Lipinski definition) is 1. The maximum Gasteiger partial charge on any atom is 0.345 e. The molecule has 7 nitrogen and oxygen atoms in total. The van der Waals surface area contributed by atoms with Gasteiger partial charge in [0.2, 0.25) is 0 Å². The van der Waals surface area contributed by atoms with Crippen LogP contribution < -0.4 is 5.32 Å². The Morgan fingerprint density at radius 2 is 1.69 bits per heavy atom. The Morgan fingerprint density at radius 1 is 1.00 bits per heavy atom. The molecule has 0 aliphatic heterocycles. The molecule has 3 aromatic rings. The average molecular weight is 411 g/mol. The molecule has 0 aromatic heterocycles.